The average Bonchev–Trinajstić information content (AvgIpc) is 2.96. The molecule has 2 heterocycles. The molecule has 0 aromatic heterocycles. The molecule has 0 aliphatic carbocycles. The van der Waals surface area contributed by atoms with E-state index < -0.39 is 21.2 Å². The van der Waals surface area contributed by atoms with Gasteiger partial charge in [-0.15, -0.1) is 11.8 Å². The molecule has 28 heavy (non-hydrogen) atoms. The summed E-state index contributed by atoms with van der Waals surface area (Å²) in [6.45, 7) is 1.78. The van der Waals surface area contributed by atoms with Crippen molar-refractivity contribution < 1.29 is 22.7 Å². The van der Waals surface area contributed by atoms with Gasteiger partial charge in [0.15, 0.2) is 5.25 Å². The number of hydrogen-bond acceptors (Lipinski definition) is 6. The number of carbonyl (C=O) groups is 2. The molecule has 0 saturated carbocycles. The van der Waals surface area contributed by atoms with Crippen molar-refractivity contribution in [1.82, 2.24) is 9.62 Å². The zero-order chi connectivity index (χ0) is 20.1. The van der Waals surface area contributed by atoms with E-state index >= 15 is 0 Å². The number of rotatable bonds is 6. The molecule has 2 aliphatic rings. The molecule has 8 nitrogen and oxygen atoms in total. The van der Waals surface area contributed by atoms with E-state index in [0.717, 1.165) is 25.7 Å². The highest BCUT2D eigenvalue weighted by atomic mass is 32.2. The number of anilines is 1. The van der Waals surface area contributed by atoms with Crippen LogP contribution in [0.25, 0.3) is 0 Å². The highest BCUT2D eigenvalue weighted by molar-refractivity contribution is 8.01. The van der Waals surface area contributed by atoms with E-state index in [1.165, 1.54) is 31.0 Å². The lowest BCUT2D eigenvalue weighted by atomic mass is 10.2. The summed E-state index contributed by atoms with van der Waals surface area (Å²) in [7, 11) is -2.21. The Hall–Kier alpha value is -1.62. The summed E-state index contributed by atoms with van der Waals surface area (Å²) in [5.41, 5.74) is 0.407. The van der Waals surface area contributed by atoms with Crippen LogP contribution in [0.1, 0.15) is 25.7 Å². The van der Waals surface area contributed by atoms with Crippen molar-refractivity contribution in [1.29, 1.82) is 0 Å². The number of benzene rings is 1. The van der Waals surface area contributed by atoms with E-state index in [0.29, 0.717) is 23.7 Å². The van der Waals surface area contributed by atoms with E-state index in [1.54, 1.807) is 11.0 Å². The summed E-state index contributed by atoms with van der Waals surface area (Å²) in [5, 5.41) is 1.86. The quantitative estimate of drug-likeness (QED) is 0.526. The van der Waals surface area contributed by atoms with Gasteiger partial charge in [-0.1, -0.05) is 12.8 Å². The normalized spacial score (nSPS) is 20.2. The lowest BCUT2D eigenvalue weighted by Crippen LogP contribution is -2.45. The van der Waals surface area contributed by atoms with Crippen LogP contribution >= 0.6 is 11.8 Å². The number of hydrogen-bond donors (Lipinski definition) is 2. The molecule has 0 unspecified atom stereocenters. The molecule has 1 aromatic rings. The van der Waals surface area contributed by atoms with E-state index in [1.807, 2.05) is 0 Å². The number of fused-ring (bicyclic) bond motifs is 1. The Bertz CT molecular complexity index is 836. The molecule has 2 aliphatic heterocycles. The minimum atomic E-state index is -3.70. The molecule has 1 aromatic carbocycles. The maximum absolute atomic E-state index is 12.8. The van der Waals surface area contributed by atoms with Crippen LogP contribution in [0.2, 0.25) is 0 Å². The van der Waals surface area contributed by atoms with Gasteiger partial charge in [0, 0.05) is 31.6 Å². The second kappa shape index (κ2) is 9.25. The predicted octanol–water partition coefficient (Wildman–Crippen LogP) is 1.43. The van der Waals surface area contributed by atoms with Crippen LogP contribution in [-0.4, -0.2) is 63.7 Å². The Kier molecular flexibility index (Phi) is 6.97. The largest absolute Gasteiger partial charge is 0.383 e. The molecular weight excluding hydrogens is 402 g/mol. The van der Waals surface area contributed by atoms with Gasteiger partial charge >= 0.3 is 0 Å². The fraction of sp³-hybridized carbons (Fsp3) is 0.556. The van der Waals surface area contributed by atoms with E-state index in [4.69, 9.17) is 4.74 Å². The monoisotopic (exact) mass is 427 g/mol. The van der Waals surface area contributed by atoms with Gasteiger partial charge in [0.05, 0.1) is 17.2 Å². The molecule has 0 spiro atoms. The molecule has 10 heteroatoms. The Labute approximate surface area is 169 Å². The highest BCUT2D eigenvalue weighted by Crippen LogP contribution is 2.37. The van der Waals surface area contributed by atoms with Crippen molar-refractivity contribution in [2.75, 3.05) is 38.7 Å². The van der Waals surface area contributed by atoms with Crippen LogP contribution in [0, 0.1) is 0 Å². The third-order valence-electron chi connectivity index (χ3n) is 4.74. The van der Waals surface area contributed by atoms with Crippen LogP contribution in [0.15, 0.2) is 28.0 Å². The van der Waals surface area contributed by atoms with Gasteiger partial charge in [0.2, 0.25) is 21.8 Å². The van der Waals surface area contributed by atoms with Crippen molar-refractivity contribution in [3.05, 3.63) is 18.2 Å². The zero-order valence-corrected chi connectivity index (χ0v) is 17.4. The van der Waals surface area contributed by atoms with Gasteiger partial charge in [0.25, 0.3) is 0 Å². The number of nitrogens with one attached hydrogen (secondary N) is 2. The molecule has 2 amide bonds. The molecule has 2 N–H and O–H groups in total. The van der Waals surface area contributed by atoms with Crippen LogP contribution in [-0.2, 0) is 24.3 Å². The molecule has 0 bridgehead atoms. The van der Waals surface area contributed by atoms with Crippen LogP contribution in [0.3, 0.4) is 0 Å². The van der Waals surface area contributed by atoms with Gasteiger partial charge in [-0.25, -0.2) is 13.1 Å². The topological polar surface area (TPSA) is 105 Å². The number of thioether (sulfide) groups is 1. The average molecular weight is 428 g/mol. The molecular formula is C18H25N3O5S2. The number of amides is 2. The molecule has 1 atom stereocenters. The molecule has 1 saturated heterocycles. The first-order chi connectivity index (χ1) is 13.4. The first-order valence-corrected chi connectivity index (χ1v) is 11.7. The number of methoxy groups -OCH3 is 1. The maximum atomic E-state index is 12.8. The SMILES string of the molecule is COCCNS(=O)(=O)c1ccc2c(c1)NC(=O)[C@H](C(=O)N1CCCCCC1)S2. The summed E-state index contributed by atoms with van der Waals surface area (Å²) in [6.07, 6.45) is 4.12. The standard InChI is InChI=1S/C18H25N3O5S2/c1-26-11-8-19-28(24,25)13-6-7-15-14(12-13)20-17(22)16(27-15)18(23)21-9-4-2-3-5-10-21/h6-7,12,16,19H,2-5,8-11H2,1H3,(H,20,22)/t16-/m1/s1. The molecule has 0 radical (unpaired) electrons. The van der Waals surface area contributed by atoms with Crippen LogP contribution in [0.5, 0.6) is 0 Å². The number of ether oxygens (including phenoxy) is 1. The smallest absolute Gasteiger partial charge is 0.247 e. The summed E-state index contributed by atoms with van der Waals surface area (Å²) in [5.74, 6) is -0.582. The van der Waals surface area contributed by atoms with E-state index in [-0.39, 0.29) is 24.0 Å². The van der Waals surface area contributed by atoms with E-state index in [2.05, 4.69) is 10.0 Å². The van der Waals surface area contributed by atoms with Crippen molar-refractivity contribution >= 4 is 39.3 Å². The maximum Gasteiger partial charge on any atom is 0.247 e. The van der Waals surface area contributed by atoms with E-state index in [9.17, 15) is 18.0 Å². The Morgan fingerprint density at radius 1 is 1.29 bits per heavy atom. The minimum Gasteiger partial charge on any atom is -0.383 e. The Morgan fingerprint density at radius 3 is 2.68 bits per heavy atom. The Balaban J connectivity index is 1.74. The molecule has 1 fully saturated rings. The predicted molar refractivity (Wildman–Crippen MR) is 107 cm³/mol. The highest BCUT2D eigenvalue weighted by Gasteiger charge is 2.36. The van der Waals surface area contributed by atoms with Gasteiger partial charge in [-0.3, -0.25) is 9.59 Å². The zero-order valence-electron chi connectivity index (χ0n) is 15.8. The lowest BCUT2D eigenvalue weighted by Gasteiger charge is -2.28. The third kappa shape index (κ3) is 4.86. The lowest BCUT2D eigenvalue weighted by molar-refractivity contribution is -0.133. The third-order valence-corrected chi connectivity index (χ3v) is 7.46. The Morgan fingerprint density at radius 2 is 2.00 bits per heavy atom. The van der Waals surface area contributed by atoms with Crippen molar-refractivity contribution in [3.63, 3.8) is 0 Å². The van der Waals surface area contributed by atoms with Gasteiger partial charge < -0.3 is 15.0 Å². The fourth-order valence-electron chi connectivity index (χ4n) is 3.24. The van der Waals surface area contributed by atoms with Gasteiger partial charge in [-0.05, 0) is 31.0 Å². The second-order valence-corrected chi connectivity index (χ2v) is 9.69. The summed E-state index contributed by atoms with van der Waals surface area (Å²) >= 11 is 1.18. The first kappa shape index (κ1) is 21.1. The number of nitrogens with zero attached hydrogens (tertiary/aromatic N) is 1. The van der Waals surface area contributed by atoms with Crippen molar-refractivity contribution in [2.24, 2.45) is 0 Å². The fourth-order valence-corrected chi connectivity index (χ4v) is 5.33. The van der Waals surface area contributed by atoms with Crippen molar-refractivity contribution in [3.8, 4) is 0 Å². The van der Waals surface area contributed by atoms with Crippen molar-refractivity contribution in [2.45, 2.75) is 40.7 Å². The summed E-state index contributed by atoms with van der Waals surface area (Å²) < 4.78 is 32.0. The first-order valence-electron chi connectivity index (χ1n) is 9.31. The van der Waals surface area contributed by atoms with Crippen LogP contribution in [0.4, 0.5) is 5.69 Å². The van der Waals surface area contributed by atoms with Crippen LogP contribution < -0.4 is 10.0 Å². The number of sulfonamides is 1. The molecule has 3 rings (SSSR count). The second-order valence-electron chi connectivity index (χ2n) is 6.78. The van der Waals surface area contributed by atoms with Gasteiger partial charge in [-0.2, -0.15) is 0 Å². The van der Waals surface area contributed by atoms with Gasteiger partial charge in [0.1, 0.15) is 0 Å². The number of carbonyl (C=O) groups excluding carboxylic acids is 2. The summed E-state index contributed by atoms with van der Waals surface area (Å²) in [4.78, 5) is 27.9. The molecule has 154 valence electrons. The minimum absolute atomic E-state index is 0.0561. The number of likely N-dealkylation sites (tertiary alicyclic amines) is 1. The summed E-state index contributed by atoms with van der Waals surface area (Å²) in [6, 6.07) is 4.53.